The number of thiazole rings is 1. The maximum absolute atomic E-state index is 12.1. The zero-order chi connectivity index (χ0) is 18.4. The Labute approximate surface area is 168 Å². The molecule has 7 heteroatoms. The third kappa shape index (κ3) is 5.43. The lowest BCUT2D eigenvalue weighted by Gasteiger charge is -2.03. The van der Waals surface area contributed by atoms with Gasteiger partial charge in [0.05, 0.1) is 23.7 Å². The molecule has 0 unspecified atom stereocenters. The van der Waals surface area contributed by atoms with Crippen LogP contribution < -0.4 is 5.32 Å². The molecule has 3 aromatic rings. The van der Waals surface area contributed by atoms with E-state index < -0.39 is 0 Å². The van der Waals surface area contributed by atoms with Crippen LogP contribution in [0.15, 0.2) is 62.7 Å². The number of hydrogen-bond donors (Lipinski definition) is 1. The molecule has 2 aromatic carbocycles. The van der Waals surface area contributed by atoms with Crippen molar-refractivity contribution in [1.82, 2.24) is 4.98 Å². The highest BCUT2D eigenvalue weighted by atomic mass is 79.9. The molecule has 3 rings (SSSR count). The average molecular weight is 444 g/mol. The molecule has 0 spiro atoms. The fourth-order valence-corrected chi connectivity index (χ4v) is 4.22. The quantitative estimate of drug-likeness (QED) is 0.528. The van der Waals surface area contributed by atoms with E-state index in [4.69, 9.17) is 5.26 Å². The predicted octanol–water partition coefficient (Wildman–Crippen LogP) is 5.25. The lowest BCUT2D eigenvalue weighted by Crippen LogP contribution is -2.14. The first-order chi connectivity index (χ1) is 12.6. The van der Waals surface area contributed by atoms with Crippen molar-refractivity contribution < 1.29 is 4.79 Å². The first kappa shape index (κ1) is 18.6. The van der Waals surface area contributed by atoms with Gasteiger partial charge in [0.15, 0.2) is 0 Å². The highest BCUT2D eigenvalue weighted by Crippen LogP contribution is 2.27. The number of rotatable bonds is 6. The Hall–Kier alpha value is -2.14. The van der Waals surface area contributed by atoms with Gasteiger partial charge in [0.1, 0.15) is 4.34 Å². The van der Waals surface area contributed by atoms with E-state index in [0.717, 1.165) is 20.3 Å². The molecule has 4 nitrogen and oxygen atoms in total. The van der Waals surface area contributed by atoms with E-state index >= 15 is 0 Å². The molecular weight excluding hydrogens is 430 g/mol. The number of hydrogen-bond acceptors (Lipinski definition) is 5. The van der Waals surface area contributed by atoms with Gasteiger partial charge in [0.25, 0.3) is 0 Å². The number of anilines is 1. The molecule has 0 aliphatic carbocycles. The maximum Gasteiger partial charge on any atom is 0.230 e. The number of nitrogens with zero attached hydrogens (tertiary/aromatic N) is 2. The van der Waals surface area contributed by atoms with Gasteiger partial charge >= 0.3 is 0 Å². The van der Waals surface area contributed by atoms with Crippen LogP contribution in [0.1, 0.15) is 16.8 Å². The Morgan fingerprint density at radius 2 is 1.92 bits per heavy atom. The number of benzene rings is 2. The standard InChI is InChI=1S/C19H14BrN3OS2/c20-15-5-1-14(2-6-15)11-25-19-23-17(12-26-19)9-18(24)22-16-7-3-13(10-21)4-8-16/h1-8,12H,9,11H2,(H,22,24). The highest BCUT2D eigenvalue weighted by molar-refractivity contribution is 9.10. The summed E-state index contributed by atoms with van der Waals surface area (Å²) in [6, 6.07) is 17.0. The van der Waals surface area contributed by atoms with E-state index in [0.29, 0.717) is 11.3 Å². The van der Waals surface area contributed by atoms with E-state index in [9.17, 15) is 4.79 Å². The highest BCUT2D eigenvalue weighted by Gasteiger charge is 2.09. The Kier molecular flexibility index (Phi) is 6.45. The Morgan fingerprint density at radius 3 is 2.62 bits per heavy atom. The molecule has 0 bridgehead atoms. The number of amides is 1. The second-order valence-corrected chi connectivity index (χ2v) is 8.43. The van der Waals surface area contributed by atoms with Gasteiger partial charge < -0.3 is 5.32 Å². The molecule has 0 atom stereocenters. The Morgan fingerprint density at radius 1 is 1.19 bits per heavy atom. The van der Waals surface area contributed by atoms with Crippen molar-refractivity contribution in [1.29, 1.82) is 5.26 Å². The van der Waals surface area contributed by atoms with Crippen LogP contribution in [0.3, 0.4) is 0 Å². The van der Waals surface area contributed by atoms with Crippen LogP contribution >= 0.6 is 39.0 Å². The van der Waals surface area contributed by atoms with Crippen LogP contribution in [0.2, 0.25) is 0 Å². The zero-order valence-corrected chi connectivity index (χ0v) is 16.8. The normalized spacial score (nSPS) is 10.3. The predicted molar refractivity (Wildman–Crippen MR) is 109 cm³/mol. The van der Waals surface area contributed by atoms with Crippen LogP contribution in [-0.4, -0.2) is 10.9 Å². The summed E-state index contributed by atoms with van der Waals surface area (Å²) in [5.74, 6) is 0.724. The SMILES string of the molecule is N#Cc1ccc(NC(=O)Cc2csc(SCc3ccc(Br)cc3)n2)cc1. The average Bonchev–Trinajstić information content (AvgIpc) is 3.09. The van der Waals surface area contributed by atoms with Gasteiger partial charge in [-0.05, 0) is 42.0 Å². The number of nitriles is 1. The molecule has 1 amide bonds. The molecule has 0 aliphatic heterocycles. The van der Waals surface area contributed by atoms with Gasteiger partial charge in [0.2, 0.25) is 5.91 Å². The number of carbonyl (C=O) groups is 1. The van der Waals surface area contributed by atoms with Crippen LogP contribution in [0.4, 0.5) is 5.69 Å². The van der Waals surface area contributed by atoms with E-state index in [2.05, 4.69) is 44.4 Å². The second-order valence-electron chi connectivity index (χ2n) is 5.43. The number of carbonyl (C=O) groups excluding carboxylic acids is 1. The molecule has 0 saturated carbocycles. The fraction of sp³-hybridized carbons (Fsp3) is 0.105. The summed E-state index contributed by atoms with van der Waals surface area (Å²) in [5.41, 5.74) is 3.23. The summed E-state index contributed by atoms with van der Waals surface area (Å²) in [6.45, 7) is 0. The first-order valence-electron chi connectivity index (χ1n) is 7.74. The minimum atomic E-state index is -0.121. The largest absolute Gasteiger partial charge is 0.326 e. The minimum absolute atomic E-state index is 0.121. The summed E-state index contributed by atoms with van der Waals surface area (Å²) in [5, 5.41) is 13.5. The van der Waals surface area contributed by atoms with E-state index in [1.807, 2.05) is 17.5 Å². The molecule has 26 heavy (non-hydrogen) atoms. The van der Waals surface area contributed by atoms with Gasteiger partial charge in [-0.15, -0.1) is 11.3 Å². The van der Waals surface area contributed by atoms with Gasteiger partial charge in [-0.2, -0.15) is 5.26 Å². The van der Waals surface area contributed by atoms with Crippen molar-refractivity contribution in [2.75, 3.05) is 5.32 Å². The van der Waals surface area contributed by atoms with Crippen LogP contribution in [0.25, 0.3) is 0 Å². The van der Waals surface area contributed by atoms with E-state index in [1.165, 1.54) is 5.56 Å². The van der Waals surface area contributed by atoms with Crippen molar-refractivity contribution in [3.05, 3.63) is 75.2 Å². The summed E-state index contributed by atoms with van der Waals surface area (Å²) < 4.78 is 2.02. The van der Waals surface area contributed by atoms with Crippen molar-refractivity contribution in [2.45, 2.75) is 16.5 Å². The van der Waals surface area contributed by atoms with Gasteiger partial charge in [-0.1, -0.05) is 39.8 Å². The minimum Gasteiger partial charge on any atom is -0.326 e. The fourth-order valence-electron chi connectivity index (χ4n) is 2.16. The van der Waals surface area contributed by atoms with Crippen molar-refractivity contribution in [3.63, 3.8) is 0 Å². The van der Waals surface area contributed by atoms with Crippen molar-refractivity contribution in [3.8, 4) is 6.07 Å². The topological polar surface area (TPSA) is 65.8 Å². The molecule has 1 aromatic heterocycles. The van der Waals surface area contributed by atoms with E-state index in [1.54, 1.807) is 47.4 Å². The maximum atomic E-state index is 12.1. The summed E-state index contributed by atoms with van der Waals surface area (Å²) >= 11 is 6.65. The Bertz CT molecular complexity index is 931. The van der Waals surface area contributed by atoms with Crippen molar-refractivity contribution >= 4 is 50.6 Å². The van der Waals surface area contributed by atoms with E-state index in [-0.39, 0.29) is 12.3 Å². The van der Waals surface area contributed by atoms with Gasteiger partial charge in [0, 0.05) is 21.3 Å². The van der Waals surface area contributed by atoms with Gasteiger partial charge in [-0.3, -0.25) is 4.79 Å². The van der Waals surface area contributed by atoms with Gasteiger partial charge in [-0.25, -0.2) is 4.98 Å². The molecule has 0 aliphatic rings. The number of thioether (sulfide) groups is 1. The molecule has 0 saturated heterocycles. The zero-order valence-electron chi connectivity index (χ0n) is 13.6. The summed E-state index contributed by atoms with van der Waals surface area (Å²) in [7, 11) is 0. The summed E-state index contributed by atoms with van der Waals surface area (Å²) in [4.78, 5) is 16.7. The lowest BCUT2D eigenvalue weighted by atomic mass is 10.2. The third-order valence-corrected chi connectivity index (χ3v) is 6.12. The second kappa shape index (κ2) is 8.99. The molecular formula is C19H14BrN3OS2. The number of aromatic nitrogens is 1. The molecule has 130 valence electrons. The number of nitrogens with one attached hydrogen (secondary N) is 1. The summed E-state index contributed by atoms with van der Waals surface area (Å²) in [6.07, 6.45) is 0.231. The third-order valence-electron chi connectivity index (χ3n) is 3.45. The smallest absolute Gasteiger partial charge is 0.230 e. The monoisotopic (exact) mass is 443 g/mol. The molecule has 1 heterocycles. The number of halogens is 1. The Balaban J connectivity index is 1.51. The van der Waals surface area contributed by atoms with Crippen LogP contribution in [0.5, 0.6) is 0 Å². The molecule has 0 radical (unpaired) electrons. The first-order valence-corrected chi connectivity index (χ1v) is 10.4. The van der Waals surface area contributed by atoms with Crippen molar-refractivity contribution in [2.24, 2.45) is 0 Å². The van der Waals surface area contributed by atoms with Crippen LogP contribution in [-0.2, 0) is 17.0 Å². The molecule has 1 N–H and O–H groups in total. The molecule has 0 fully saturated rings. The van der Waals surface area contributed by atoms with Crippen LogP contribution in [0, 0.1) is 11.3 Å². The lowest BCUT2D eigenvalue weighted by molar-refractivity contribution is -0.115.